The quantitative estimate of drug-likeness (QED) is 0.799. The number of nitrogens with two attached hydrogens (primary N) is 1. The summed E-state index contributed by atoms with van der Waals surface area (Å²) >= 11 is 3.52. The maximum atomic E-state index is 5.70. The number of amidine groups is 1. The number of nitrogens with zero attached hydrogens (tertiary/aromatic N) is 1. The van der Waals surface area contributed by atoms with Crippen molar-refractivity contribution in [1.82, 2.24) is 0 Å². The molecule has 1 aliphatic heterocycles. The summed E-state index contributed by atoms with van der Waals surface area (Å²) in [5.41, 5.74) is 8.34. The second-order valence-electron chi connectivity index (χ2n) is 4.90. The number of benzene rings is 1. The zero-order valence-electron chi connectivity index (χ0n) is 9.74. The van der Waals surface area contributed by atoms with Gasteiger partial charge in [0.15, 0.2) is 0 Å². The lowest BCUT2D eigenvalue weighted by Crippen LogP contribution is -2.41. The minimum atomic E-state index is -0.141. The van der Waals surface area contributed by atoms with Gasteiger partial charge in [-0.25, -0.2) is 4.99 Å². The highest BCUT2D eigenvalue weighted by molar-refractivity contribution is 9.10. The van der Waals surface area contributed by atoms with Crippen molar-refractivity contribution in [3.05, 3.63) is 33.8 Å². The van der Waals surface area contributed by atoms with E-state index >= 15 is 0 Å². The van der Waals surface area contributed by atoms with Gasteiger partial charge in [-0.2, -0.15) is 0 Å². The third-order valence-electron chi connectivity index (χ3n) is 3.88. The molecule has 0 fully saturated rings. The molecule has 4 heteroatoms. The van der Waals surface area contributed by atoms with Crippen LogP contribution in [-0.2, 0) is 17.6 Å². The van der Waals surface area contributed by atoms with Crippen LogP contribution in [0.1, 0.15) is 24.5 Å². The van der Waals surface area contributed by atoms with Gasteiger partial charge in [0.05, 0.1) is 0 Å². The van der Waals surface area contributed by atoms with Crippen molar-refractivity contribution in [2.45, 2.75) is 37.8 Å². The zero-order valence-corrected chi connectivity index (χ0v) is 11.3. The molecular formula is C13H15BrN2O. The van der Waals surface area contributed by atoms with Crippen molar-refractivity contribution in [3.63, 3.8) is 0 Å². The molecule has 0 saturated carbocycles. The molecule has 3 rings (SSSR count). The van der Waals surface area contributed by atoms with E-state index in [1.165, 1.54) is 11.1 Å². The molecule has 2 atom stereocenters. The summed E-state index contributed by atoms with van der Waals surface area (Å²) in [6.45, 7) is 2.06. The van der Waals surface area contributed by atoms with Gasteiger partial charge in [0, 0.05) is 10.9 Å². The predicted octanol–water partition coefficient (Wildman–Crippen LogP) is 2.41. The number of aryl methyl sites for hydroxylation is 1. The molecule has 1 aromatic rings. The fourth-order valence-corrected chi connectivity index (χ4v) is 3.25. The van der Waals surface area contributed by atoms with E-state index in [1.54, 1.807) is 0 Å². The Kier molecular flexibility index (Phi) is 2.43. The van der Waals surface area contributed by atoms with Gasteiger partial charge in [-0.15, -0.1) is 0 Å². The van der Waals surface area contributed by atoms with Gasteiger partial charge in [0.1, 0.15) is 11.6 Å². The van der Waals surface area contributed by atoms with Crippen LogP contribution in [-0.4, -0.2) is 17.7 Å². The van der Waals surface area contributed by atoms with Crippen LogP contribution in [0.4, 0.5) is 0 Å². The molecule has 3 nitrogen and oxygen atoms in total. The van der Waals surface area contributed by atoms with Crippen LogP contribution in [0, 0.1) is 0 Å². The Morgan fingerprint density at radius 2 is 2.29 bits per heavy atom. The summed E-state index contributed by atoms with van der Waals surface area (Å²) in [7, 11) is 0. The molecule has 0 aromatic heterocycles. The molecule has 1 aromatic carbocycles. The number of ether oxygens (including phenoxy) is 1. The highest BCUT2D eigenvalue weighted by Gasteiger charge is 2.45. The molecule has 0 unspecified atom stereocenters. The van der Waals surface area contributed by atoms with Crippen molar-refractivity contribution in [2.75, 3.05) is 0 Å². The Bertz CT molecular complexity index is 500. The molecule has 1 spiro atoms. The molecule has 0 saturated heterocycles. The van der Waals surface area contributed by atoms with E-state index in [-0.39, 0.29) is 11.6 Å². The third kappa shape index (κ3) is 1.75. The average molecular weight is 295 g/mol. The van der Waals surface area contributed by atoms with E-state index in [9.17, 15) is 0 Å². The van der Waals surface area contributed by atoms with Gasteiger partial charge in [-0.3, -0.25) is 0 Å². The van der Waals surface area contributed by atoms with E-state index in [4.69, 9.17) is 10.5 Å². The topological polar surface area (TPSA) is 47.6 Å². The van der Waals surface area contributed by atoms with Gasteiger partial charge >= 0.3 is 0 Å². The van der Waals surface area contributed by atoms with Crippen molar-refractivity contribution in [3.8, 4) is 0 Å². The summed E-state index contributed by atoms with van der Waals surface area (Å²) in [6, 6.07) is 6.83. The Morgan fingerprint density at radius 1 is 1.47 bits per heavy atom. The van der Waals surface area contributed by atoms with Crippen molar-refractivity contribution in [2.24, 2.45) is 10.7 Å². The molecule has 0 bridgehead atoms. The molecule has 0 radical (unpaired) electrons. The first-order chi connectivity index (χ1) is 8.09. The molecule has 0 amide bonds. The van der Waals surface area contributed by atoms with Crippen molar-refractivity contribution >= 4 is 22.0 Å². The molecule has 1 heterocycles. The summed E-state index contributed by atoms with van der Waals surface area (Å²) in [6.07, 6.45) is 3.06. The van der Waals surface area contributed by atoms with E-state index in [1.807, 2.05) is 0 Å². The number of halogens is 1. The van der Waals surface area contributed by atoms with Crippen LogP contribution in [0.25, 0.3) is 0 Å². The summed E-state index contributed by atoms with van der Waals surface area (Å²) in [5, 5.41) is 0. The molecule has 2 aliphatic rings. The lowest BCUT2D eigenvalue weighted by Gasteiger charge is -2.34. The normalized spacial score (nSPS) is 30.9. The maximum absolute atomic E-state index is 5.70. The van der Waals surface area contributed by atoms with Crippen LogP contribution in [0.15, 0.2) is 27.7 Å². The lowest BCUT2D eigenvalue weighted by atomic mass is 9.76. The molecule has 90 valence electrons. The van der Waals surface area contributed by atoms with Crippen LogP contribution >= 0.6 is 15.9 Å². The number of hydrogen-bond acceptors (Lipinski definition) is 3. The first kappa shape index (κ1) is 11.1. The zero-order chi connectivity index (χ0) is 12.0. The number of fused-ring (bicyclic) bond motifs is 1. The highest BCUT2D eigenvalue weighted by atomic mass is 79.9. The first-order valence-electron chi connectivity index (χ1n) is 5.88. The largest absolute Gasteiger partial charge is 0.460 e. The van der Waals surface area contributed by atoms with Crippen molar-refractivity contribution in [1.29, 1.82) is 0 Å². The minimum absolute atomic E-state index is 0.0784. The predicted molar refractivity (Wildman–Crippen MR) is 71.1 cm³/mol. The monoisotopic (exact) mass is 294 g/mol. The summed E-state index contributed by atoms with van der Waals surface area (Å²) in [4.78, 5) is 4.55. The lowest BCUT2D eigenvalue weighted by molar-refractivity contribution is 0.140. The summed E-state index contributed by atoms with van der Waals surface area (Å²) < 4.78 is 6.64. The number of aliphatic imine (C=N–C) groups is 1. The third-order valence-corrected chi connectivity index (χ3v) is 4.37. The molecule has 1 aliphatic carbocycles. The van der Waals surface area contributed by atoms with Gasteiger partial charge < -0.3 is 10.5 Å². The number of rotatable bonds is 0. The van der Waals surface area contributed by atoms with E-state index < -0.39 is 0 Å². The molecule has 2 N–H and O–H groups in total. The first-order valence-corrected chi connectivity index (χ1v) is 6.68. The fourth-order valence-electron chi connectivity index (χ4n) is 2.84. The van der Waals surface area contributed by atoms with Crippen LogP contribution in [0.3, 0.4) is 0 Å². The SMILES string of the molecule is C[C@@H]1OC(N)=N[C@]12CCc1ccc(Br)cc1C2. The minimum Gasteiger partial charge on any atom is -0.460 e. The second-order valence-corrected chi connectivity index (χ2v) is 5.82. The Balaban J connectivity index is 1.99. The van der Waals surface area contributed by atoms with Gasteiger partial charge in [-0.05, 0) is 43.0 Å². The van der Waals surface area contributed by atoms with Crippen LogP contribution in [0.2, 0.25) is 0 Å². The summed E-state index contributed by atoms with van der Waals surface area (Å²) in [5.74, 6) is 0. The second kappa shape index (κ2) is 3.73. The smallest absolute Gasteiger partial charge is 0.282 e. The van der Waals surface area contributed by atoms with E-state index in [0.717, 1.165) is 23.7 Å². The van der Waals surface area contributed by atoms with E-state index in [2.05, 4.69) is 46.0 Å². The highest BCUT2D eigenvalue weighted by Crippen LogP contribution is 2.39. The van der Waals surface area contributed by atoms with Crippen LogP contribution in [0.5, 0.6) is 0 Å². The van der Waals surface area contributed by atoms with E-state index in [0.29, 0.717) is 6.02 Å². The fraction of sp³-hybridized carbons (Fsp3) is 0.462. The Morgan fingerprint density at radius 3 is 3.00 bits per heavy atom. The Hall–Kier alpha value is -1.03. The van der Waals surface area contributed by atoms with Crippen molar-refractivity contribution < 1.29 is 4.74 Å². The molecule has 17 heavy (non-hydrogen) atoms. The Labute approximate surface area is 109 Å². The molecular weight excluding hydrogens is 280 g/mol. The standard InChI is InChI=1S/C13H15BrN2O/c1-8-13(16-12(15)17-8)5-4-9-2-3-11(14)6-10(9)7-13/h2-3,6,8H,4-5,7H2,1H3,(H2,15,16)/t8-,13-/m0/s1. The van der Waals surface area contributed by atoms with Gasteiger partial charge in [0.2, 0.25) is 0 Å². The average Bonchev–Trinajstić information content (AvgIpc) is 2.53. The number of hydrogen-bond donors (Lipinski definition) is 1. The van der Waals surface area contributed by atoms with Gasteiger partial charge in [0.25, 0.3) is 6.02 Å². The van der Waals surface area contributed by atoms with Crippen LogP contribution < -0.4 is 5.73 Å². The maximum Gasteiger partial charge on any atom is 0.282 e. The van der Waals surface area contributed by atoms with Gasteiger partial charge in [-0.1, -0.05) is 22.0 Å².